The van der Waals surface area contributed by atoms with Crippen molar-refractivity contribution in [2.45, 2.75) is 28.5 Å². The average Bonchev–Trinajstić information content (AvgIpc) is 3.38. The number of rotatable bonds is 5. The third-order valence-corrected chi connectivity index (χ3v) is 11.8. The summed E-state index contributed by atoms with van der Waals surface area (Å²) in [5, 5.41) is 13.8. The Morgan fingerprint density at radius 2 is 1.61 bits per heavy atom. The van der Waals surface area contributed by atoms with Gasteiger partial charge in [0.15, 0.2) is 21.2 Å². The Hall–Kier alpha value is -3.86. The highest BCUT2D eigenvalue weighted by Gasteiger charge is 2.76. The highest BCUT2D eigenvalue weighted by atomic mass is 79.9. The minimum Gasteiger partial charge on any atom is -0.503 e. The Bertz CT molecular complexity index is 1850. The molecule has 0 radical (unpaired) electrons. The van der Waals surface area contributed by atoms with Gasteiger partial charge in [-0.05, 0) is 88.8 Å². The molecule has 7 rings (SSSR count). The Labute approximate surface area is 283 Å². The van der Waals surface area contributed by atoms with E-state index in [0.717, 1.165) is 16.3 Å². The molecule has 3 aromatic carbocycles. The maximum absolute atomic E-state index is 14.3. The van der Waals surface area contributed by atoms with Crippen LogP contribution < -0.4 is 15.0 Å². The van der Waals surface area contributed by atoms with E-state index in [1.807, 2.05) is 36.4 Å². The van der Waals surface area contributed by atoms with Gasteiger partial charge in [-0.1, -0.05) is 29.8 Å². The van der Waals surface area contributed by atoms with Crippen LogP contribution in [-0.2, 0) is 19.2 Å². The van der Waals surface area contributed by atoms with E-state index in [1.165, 1.54) is 19.1 Å². The van der Waals surface area contributed by atoms with Crippen LogP contribution in [0.1, 0.15) is 24.3 Å². The largest absolute Gasteiger partial charge is 0.503 e. The van der Waals surface area contributed by atoms with Crippen LogP contribution in [-0.4, -0.2) is 57.5 Å². The third kappa shape index (κ3) is 4.19. The van der Waals surface area contributed by atoms with Crippen LogP contribution in [0.25, 0.3) is 0 Å². The van der Waals surface area contributed by atoms with Gasteiger partial charge in [-0.3, -0.25) is 29.0 Å². The van der Waals surface area contributed by atoms with Crippen molar-refractivity contribution in [3.8, 4) is 11.5 Å². The normalized spacial score (nSPS) is 30.2. The summed E-state index contributed by atoms with van der Waals surface area (Å²) in [5.41, 5.74) is 3.23. The van der Waals surface area contributed by atoms with E-state index in [-0.39, 0.29) is 34.7 Å². The molecule has 2 N–H and O–H groups in total. The number of ether oxygens (including phenoxy) is 1. The Morgan fingerprint density at radius 1 is 0.935 bits per heavy atom. The second kappa shape index (κ2) is 10.9. The number of carbonyl (C=O) groups is 4. The first-order chi connectivity index (χ1) is 21.9. The van der Waals surface area contributed by atoms with Gasteiger partial charge < -0.3 is 15.2 Å². The van der Waals surface area contributed by atoms with Crippen molar-refractivity contribution in [3.63, 3.8) is 0 Å². The zero-order valence-electron chi connectivity index (χ0n) is 24.7. The van der Waals surface area contributed by atoms with Gasteiger partial charge in [0.1, 0.15) is 0 Å². The summed E-state index contributed by atoms with van der Waals surface area (Å²) in [5.74, 6) is -5.25. The van der Waals surface area contributed by atoms with Crippen molar-refractivity contribution in [2.75, 3.05) is 24.4 Å². The fourth-order valence-corrected chi connectivity index (χ4v) is 9.15. The Morgan fingerprint density at radius 3 is 2.28 bits per heavy atom. The lowest BCUT2D eigenvalue weighted by Crippen LogP contribution is -2.60. The summed E-state index contributed by atoms with van der Waals surface area (Å²) in [6.45, 7) is 0. The predicted octanol–water partition coefficient (Wildman–Crippen LogP) is 6.10. The standard InChI is InChI=1S/C34H28BrCl2N3O6/c1-39-31(44)33(36)16-23-21(27(34(33,37)32(39)45)17-14-24(35)28(41)25(15-17)46-2)12-13-22-26(23)30(43)40(29(22)42)20-10-8-19(9-11-20)38-18-6-4-3-5-7-18/h3-12,14-15,22-23,26-27,38,41H,13,16H2,1-2H3/t22-,23+,26-,27-,33+,34-/m0/s1. The second-order valence-electron chi connectivity index (χ2n) is 12.1. The quantitative estimate of drug-likeness (QED) is 0.186. The number of allylic oxidation sites excluding steroid dienone is 2. The summed E-state index contributed by atoms with van der Waals surface area (Å²) in [7, 11) is 2.73. The number of fused-ring (bicyclic) bond motifs is 4. The van der Waals surface area contributed by atoms with Crippen LogP contribution in [0.4, 0.5) is 17.1 Å². The van der Waals surface area contributed by atoms with E-state index < -0.39 is 51.1 Å². The van der Waals surface area contributed by atoms with E-state index in [0.29, 0.717) is 16.8 Å². The number of phenols is 1. The Kier molecular flexibility index (Phi) is 7.26. The molecule has 4 amide bonds. The number of amides is 4. The molecule has 236 valence electrons. The molecule has 9 nitrogen and oxygen atoms in total. The van der Waals surface area contributed by atoms with Crippen molar-refractivity contribution >= 4 is 79.8 Å². The van der Waals surface area contributed by atoms with Gasteiger partial charge in [-0.15, -0.1) is 23.2 Å². The summed E-state index contributed by atoms with van der Waals surface area (Å²) in [6, 6.07) is 19.8. The topological polar surface area (TPSA) is 116 Å². The Balaban J connectivity index is 1.29. The van der Waals surface area contributed by atoms with Crippen molar-refractivity contribution in [2.24, 2.45) is 17.8 Å². The fourth-order valence-electron chi connectivity index (χ4n) is 7.67. The number of hydrogen-bond acceptors (Lipinski definition) is 7. The number of anilines is 3. The van der Waals surface area contributed by atoms with Crippen molar-refractivity contribution < 1.29 is 29.0 Å². The first-order valence-electron chi connectivity index (χ1n) is 14.7. The molecule has 3 fully saturated rings. The summed E-state index contributed by atoms with van der Waals surface area (Å²) in [4.78, 5) is 53.9. The number of para-hydroxylation sites is 1. The van der Waals surface area contributed by atoms with Gasteiger partial charge >= 0.3 is 0 Å². The molecule has 0 unspecified atom stereocenters. The molecule has 46 heavy (non-hydrogen) atoms. The number of alkyl halides is 2. The molecule has 2 saturated heterocycles. The van der Waals surface area contributed by atoms with E-state index in [1.54, 1.807) is 36.4 Å². The summed E-state index contributed by atoms with van der Waals surface area (Å²) >= 11 is 17.8. The van der Waals surface area contributed by atoms with Crippen LogP contribution in [0, 0.1) is 17.8 Å². The highest BCUT2D eigenvalue weighted by Crippen LogP contribution is 2.65. The van der Waals surface area contributed by atoms with Gasteiger partial charge in [0.25, 0.3) is 11.8 Å². The van der Waals surface area contributed by atoms with E-state index in [4.69, 9.17) is 27.9 Å². The SMILES string of the molecule is COc1cc([C@H]2C3=CC[C@@H]4C(=O)N(c5ccc(Nc6ccccc6)cc5)C(=O)[C@@H]4[C@@H]3C[C@@]3(Cl)C(=O)N(C)C(=O)[C@@]23Cl)cc(Br)c1O. The van der Waals surface area contributed by atoms with Gasteiger partial charge in [0.2, 0.25) is 11.8 Å². The molecular formula is C34H28BrCl2N3O6. The number of methoxy groups -OCH3 is 1. The van der Waals surface area contributed by atoms with E-state index in [9.17, 15) is 24.3 Å². The van der Waals surface area contributed by atoms with Crippen LogP contribution in [0.5, 0.6) is 11.5 Å². The molecular weight excluding hydrogens is 697 g/mol. The molecule has 4 aliphatic rings. The number of benzene rings is 3. The fraction of sp³-hybridized carbons (Fsp3) is 0.294. The maximum atomic E-state index is 14.3. The minimum atomic E-state index is -1.94. The van der Waals surface area contributed by atoms with Crippen molar-refractivity contribution in [3.05, 3.63) is 88.4 Å². The lowest BCUT2D eigenvalue weighted by atomic mass is 9.56. The number of carbonyl (C=O) groups excluding carboxylic acids is 4. The monoisotopic (exact) mass is 723 g/mol. The highest BCUT2D eigenvalue weighted by molar-refractivity contribution is 9.10. The smallest absolute Gasteiger partial charge is 0.253 e. The zero-order chi connectivity index (χ0) is 32.7. The van der Waals surface area contributed by atoms with Crippen molar-refractivity contribution in [1.82, 2.24) is 4.90 Å². The second-order valence-corrected chi connectivity index (χ2v) is 14.2. The molecule has 0 spiro atoms. The number of hydrogen-bond donors (Lipinski definition) is 2. The molecule has 6 atom stereocenters. The molecule has 3 aromatic rings. The van der Waals surface area contributed by atoms with Crippen LogP contribution in [0.3, 0.4) is 0 Å². The minimum absolute atomic E-state index is 0.111. The molecule has 0 aromatic heterocycles. The number of imide groups is 2. The van der Waals surface area contributed by atoms with Crippen molar-refractivity contribution in [1.29, 1.82) is 0 Å². The lowest BCUT2D eigenvalue weighted by molar-refractivity contribution is -0.138. The molecule has 2 aliphatic heterocycles. The van der Waals surface area contributed by atoms with Crippen LogP contribution >= 0.6 is 39.1 Å². The van der Waals surface area contributed by atoms with Gasteiger partial charge in [0, 0.05) is 24.3 Å². The van der Waals surface area contributed by atoms with Gasteiger partial charge in [-0.25, -0.2) is 0 Å². The molecule has 2 aliphatic carbocycles. The van der Waals surface area contributed by atoms with E-state index in [2.05, 4.69) is 21.2 Å². The van der Waals surface area contributed by atoms with E-state index >= 15 is 0 Å². The zero-order valence-corrected chi connectivity index (χ0v) is 27.8. The number of phenolic OH excluding ortho intramolecular Hbond substituents is 1. The molecule has 1 saturated carbocycles. The number of likely N-dealkylation sites (tertiary alicyclic amines) is 1. The van der Waals surface area contributed by atoms with Gasteiger partial charge in [-0.2, -0.15) is 0 Å². The first-order valence-corrected chi connectivity index (χ1v) is 16.2. The molecule has 12 heteroatoms. The lowest BCUT2D eigenvalue weighted by Gasteiger charge is -2.50. The summed E-state index contributed by atoms with van der Waals surface area (Å²) < 4.78 is 5.67. The predicted molar refractivity (Wildman–Crippen MR) is 176 cm³/mol. The third-order valence-electron chi connectivity index (χ3n) is 9.81. The van der Waals surface area contributed by atoms with Crippen LogP contribution in [0.2, 0.25) is 0 Å². The van der Waals surface area contributed by atoms with Crippen LogP contribution in [0.15, 0.2) is 82.9 Å². The number of aromatic hydroxyl groups is 1. The maximum Gasteiger partial charge on any atom is 0.253 e. The molecule has 2 heterocycles. The average molecular weight is 725 g/mol. The number of halogens is 3. The van der Waals surface area contributed by atoms with Gasteiger partial charge in [0.05, 0.1) is 29.1 Å². The number of nitrogens with zero attached hydrogens (tertiary/aromatic N) is 2. The number of nitrogens with one attached hydrogen (secondary N) is 1. The molecule has 0 bridgehead atoms. The first kappa shape index (κ1) is 30.8. The summed E-state index contributed by atoms with van der Waals surface area (Å²) in [6.07, 6.45) is 1.99.